The number of nitrogens with zero attached hydrogens (tertiary/aromatic N) is 3. The second-order valence-corrected chi connectivity index (χ2v) is 15.2. The van der Waals surface area contributed by atoms with E-state index in [2.05, 4.69) is 55.9 Å². The molecule has 138 valence electrons. The van der Waals surface area contributed by atoms with E-state index in [1.54, 1.807) is 0 Å². The van der Waals surface area contributed by atoms with Gasteiger partial charge < -0.3 is 4.74 Å². The van der Waals surface area contributed by atoms with Crippen LogP contribution in [0.3, 0.4) is 0 Å². The second kappa shape index (κ2) is 5.93. The number of ether oxygens (including phenoxy) is 1. The highest BCUT2D eigenvalue weighted by atomic mass is 28.3. The Kier molecular flexibility index (Phi) is 4.05. The lowest BCUT2D eigenvalue weighted by atomic mass is 9.50. The molecule has 0 saturated heterocycles. The molecule has 2 aliphatic rings. The number of nitriles is 1. The van der Waals surface area contributed by atoms with Crippen molar-refractivity contribution in [3.8, 4) is 6.07 Å². The summed E-state index contributed by atoms with van der Waals surface area (Å²) in [5.41, 5.74) is 2.37. The van der Waals surface area contributed by atoms with Crippen molar-refractivity contribution in [2.75, 3.05) is 6.61 Å². The van der Waals surface area contributed by atoms with Gasteiger partial charge >= 0.3 is 0 Å². The summed E-state index contributed by atoms with van der Waals surface area (Å²) < 4.78 is 7.82. The molecule has 2 saturated carbocycles. The SMILES string of the molecule is CC1C2(CC2)CC1(C#N)c1ccc2cnn(COCC[Si](C)(C)C)c2c1. The summed E-state index contributed by atoms with van der Waals surface area (Å²) in [6.45, 7) is 10.6. The van der Waals surface area contributed by atoms with Gasteiger partial charge in [-0.15, -0.1) is 0 Å². The molecule has 0 amide bonds. The van der Waals surface area contributed by atoms with Crippen LogP contribution in [0.4, 0.5) is 0 Å². The van der Waals surface area contributed by atoms with Crippen LogP contribution in [-0.2, 0) is 16.9 Å². The number of hydrogen-bond acceptors (Lipinski definition) is 3. The van der Waals surface area contributed by atoms with Gasteiger partial charge in [0, 0.05) is 20.1 Å². The second-order valence-electron chi connectivity index (χ2n) is 9.61. The van der Waals surface area contributed by atoms with Gasteiger partial charge in [0.05, 0.1) is 23.2 Å². The van der Waals surface area contributed by atoms with Crippen molar-refractivity contribution in [2.45, 2.75) is 64.0 Å². The van der Waals surface area contributed by atoms with Gasteiger partial charge in [-0.1, -0.05) is 38.7 Å². The largest absolute Gasteiger partial charge is 0.360 e. The zero-order chi connectivity index (χ0) is 18.6. The Hall–Kier alpha value is -1.64. The minimum Gasteiger partial charge on any atom is -0.360 e. The average molecular weight is 368 g/mol. The molecule has 2 aromatic rings. The zero-order valence-electron chi connectivity index (χ0n) is 16.4. The molecule has 4 nitrogen and oxygen atoms in total. The Morgan fingerprint density at radius 3 is 2.73 bits per heavy atom. The summed E-state index contributed by atoms with van der Waals surface area (Å²) in [7, 11) is -1.08. The zero-order valence-corrected chi connectivity index (χ0v) is 17.4. The van der Waals surface area contributed by atoms with Crippen molar-refractivity contribution in [3.05, 3.63) is 30.0 Å². The van der Waals surface area contributed by atoms with E-state index in [-0.39, 0.29) is 5.41 Å². The van der Waals surface area contributed by atoms with Gasteiger partial charge in [0.15, 0.2) is 0 Å². The van der Waals surface area contributed by atoms with E-state index in [4.69, 9.17) is 4.74 Å². The molecule has 1 spiro atoms. The fourth-order valence-electron chi connectivity index (χ4n) is 4.56. The van der Waals surface area contributed by atoms with E-state index in [0.717, 1.165) is 35.5 Å². The maximum absolute atomic E-state index is 9.97. The highest BCUT2D eigenvalue weighted by Crippen LogP contribution is 2.72. The summed E-state index contributed by atoms with van der Waals surface area (Å²) in [6.07, 6.45) is 5.50. The van der Waals surface area contributed by atoms with E-state index in [1.165, 1.54) is 12.8 Å². The molecule has 0 aliphatic heterocycles. The van der Waals surface area contributed by atoms with E-state index in [0.29, 0.717) is 18.1 Å². The molecule has 1 aromatic carbocycles. The van der Waals surface area contributed by atoms with Crippen LogP contribution in [0.2, 0.25) is 25.7 Å². The first-order chi connectivity index (χ1) is 12.3. The average Bonchev–Trinajstić information content (AvgIpc) is 3.31. The fraction of sp³-hybridized carbons (Fsp3) is 0.619. The lowest BCUT2D eigenvalue weighted by Gasteiger charge is -2.51. The first-order valence-corrected chi connectivity index (χ1v) is 13.5. The van der Waals surface area contributed by atoms with Crippen LogP contribution in [-0.4, -0.2) is 24.5 Å². The van der Waals surface area contributed by atoms with Crippen molar-refractivity contribution < 1.29 is 4.74 Å². The van der Waals surface area contributed by atoms with Crippen LogP contribution in [0.25, 0.3) is 10.9 Å². The maximum atomic E-state index is 9.97. The molecule has 2 fully saturated rings. The van der Waals surface area contributed by atoms with Crippen molar-refractivity contribution in [2.24, 2.45) is 11.3 Å². The monoisotopic (exact) mass is 367 g/mol. The maximum Gasteiger partial charge on any atom is 0.139 e. The van der Waals surface area contributed by atoms with Crippen molar-refractivity contribution >= 4 is 19.0 Å². The highest BCUT2D eigenvalue weighted by Gasteiger charge is 2.67. The Bertz CT molecular complexity index is 871. The first-order valence-electron chi connectivity index (χ1n) is 9.75. The molecule has 0 radical (unpaired) electrons. The Balaban J connectivity index is 1.54. The lowest BCUT2D eigenvalue weighted by molar-refractivity contribution is 0.0667. The molecule has 0 N–H and O–H groups in total. The molecular formula is C21H29N3OSi. The Morgan fingerprint density at radius 2 is 2.12 bits per heavy atom. The molecule has 2 atom stereocenters. The predicted octanol–water partition coefficient (Wildman–Crippen LogP) is 4.93. The van der Waals surface area contributed by atoms with Crippen LogP contribution in [0.5, 0.6) is 0 Å². The van der Waals surface area contributed by atoms with Gasteiger partial charge in [-0.05, 0) is 48.3 Å². The third kappa shape index (κ3) is 2.80. The fourth-order valence-corrected chi connectivity index (χ4v) is 5.31. The quantitative estimate of drug-likeness (QED) is 0.537. The minimum absolute atomic E-state index is 0.321. The Morgan fingerprint density at radius 1 is 1.35 bits per heavy atom. The van der Waals surface area contributed by atoms with Gasteiger partial charge in [-0.25, -0.2) is 4.68 Å². The molecule has 1 heterocycles. The molecule has 2 aliphatic carbocycles. The topological polar surface area (TPSA) is 50.8 Å². The first kappa shape index (κ1) is 17.8. The Labute approximate surface area is 157 Å². The van der Waals surface area contributed by atoms with Gasteiger partial charge in [-0.2, -0.15) is 10.4 Å². The van der Waals surface area contributed by atoms with Gasteiger partial charge in [-0.3, -0.25) is 0 Å². The summed E-state index contributed by atoms with van der Waals surface area (Å²) in [5.74, 6) is 0.446. The van der Waals surface area contributed by atoms with E-state index < -0.39 is 8.07 Å². The molecule has 2 unspecified atom stereocenters. The highest BCUT2D eigenvalue weighted by molar-refractivity contribution is 6.76. The van der Waals surface area contributed by atoms with Crippen LogP contribution < -0.4 is 0 Å². The third-order valence-corrected chi connectivity index (χ3v) is 8.45. The summed E-state index contributed by atoms with van der Waals surface area (Å²) >= 11 is 0. The summed E-state index contributed by atoms with van der Waals surface area (Å²) in [4.78, 5) is 0. The smallest absolute Gasteiger partial charge is 0.139 e. The number of hydrogen-bond donors (Lipinski definition) is 0. The number of fused-ring (bicyclic) bond motifs is 1. The third-order valence-electron chi connectivity index (χ3n) is 6.75. The lowest BCUT2D eigenvalue weighted by Crippen LogP contribution is -2.50. The molecular weight excluding hydrogens is 338 g/mol. The van der Waals surface area contributed by atoms with Gasteiger partial charge in [0.25, 0.3) is 0 Å². The van der Waals surface area contributed by atoms with Gasteiger partial charge in [0.2, 0.25) is 0 Å². The van der Waals surface area contributed by atoms with Crippen molar-refractivity contribution in [3.63, 3.8) is 0 Å². The molecule has 1 aromatic heterocycles. The van der Waals surface area contributed by atoms with E-state index >= 15 is 0 Å². The van der Waals surface area contributed by atoms with Crippen LogP contribution >= 0.6 is 0 Å². The number of rotatable bonds is 6. The number of aromatic nitrogens is 2. The van der Waals surface area contributed by atoms with Crippen LogP contribution in [0, 0.1) is 22.7 Å². The summed E-state index contributed by atoms with van der Waals surface area (Å²) in [5, 5.41) is 15.6. The summed E-state index contributed by atoms with van der Waals surface area (Å²) in [6, 6.07) is 10.3. The molecule has 5 heteroatoms. The predicted molar refractivity (Wildman–Crippen MR) is 107 cm³/mol. The van der Waals surface area contributed by atoms with Crippen LogP contribution in [0.1, 0.15) is 31.7 Å². The van der Waals surface area contributed by atoms with Crippen molar-refractivity contribution in [1.82, 2.24) is 9.78 Å². The molecule has 0 bridgehead atoms. The normalized spacial score (nSPS) is 26.7. The van der Waals surface area contributed by atoms with E-state index in [1.807, 2.05) is 10.9 Å². The minimum atomic E-state index is -1.08. The van der Waals surface area contributed by atoms with E-state index in [9.17, 15) is 5.26 Å². The molecule has 4 rings (SSSR count). The van der Waals surface area contributed by atoms with Gasteiger partial charge in [0.1, 0.15) is 6.73 Å². The standard InChI is InChI=1S/C21H29N3OSi/c1-16-20(7-8-20)13-21(16,14-22)18-6-5-17-12-23-24(19(17)11-18)15-25-9-10-26(2,3)4/h5-6,11-12,16H,7-10,13,15H2,1-4H3. The van der Waals surface area contributed by atoms with Crippen LogP contribution in [0.15, 0.2) is 24.4 Å². The molecule has 26 heavy (non-hydrogen) atoms. The van der Waals surface area contributed by atoms with Crippen molar-refractivity contribution in [1.29, 1.82) is 5.26 Å². The number of benzene rings is 1.